The summed E-state index contributed by atoms with van der Waals surface area (Å²) in [6.07, 6.45) is 0. The van der Waals surface area contributed by atoms with Crippen molar-refractivity contribution in [2.75, 3.05) is 0 Å². The van der Waals surface area contributed by atoms with E-state index in [0.29, 0.717) is 4.91 Å². The van der Waals surface area contributed by atoms with E-state index < -0.39 is 0 Å². The Morgan fingerprint density at radius 3 is 2.57 bits per heavy atom. The average Bonchev–Trinajstić information content (AvgIpc) is 2.86. The number of thioether (sulfide) groups is 4. The Hall–Kier alpha value is 0.0500. The third kappa shape index (κ3) is 2.17. The predicted octanol–water partition coefficient (Wildman–Crippen LogP) is 2.09. The summed E-state index contributed by atoms with van der Waals surface area (Å²) >= 11 is 6.37. The minimum absolute atomic E-state index is 0.362. The Balaban J connectivity index is 2.05. The van der Waals surface area contributed by atoms with E-state index in [1.807, 2.05) is 10.8 Å². The summed E-state index contributed by atoms with van der Waals surface area (Å²) in [5.74, 6) is 2.74. The van der Waals surface area contributed by atoms with E-state index in [-0.39, 0.29) is 5.97 Å². The lowest BCUT2D eigenvalue weighted by Gasteiger charge is -1.99. The highest BCUT2D eigenvalue weighted by Gasteiger charge is 2.24. The molecule has 0 aromatic carbocycles. The number of quaternary nitrogens is 1. The normalized spacial score (nSPS) is 20.2. The number of rotatable bonds is 1. The quantitative estimate of drug-likeness (QED) is 0.732. The Labute approximate surface area is 97.9 Å². The molecule has 0 aromatic rings. The van der Waals surface area contributed by atoms with E-state index in [0.717, 1.165) is 4.24 Å². The molecule has 0 spiro atoms. The largest absolute Gasteiger partial charge is 0.404 e. The number of carbonyl (C=O) groups excluding carboxylic acids is 1. The van der Waals surface area contributed by atoms with Gasteiger partial charge in [0.2, 0.25) is 0 Å². The molecule has 2 heterocycles. The highest BCUT2D eigenvalue weighted by molar-refractivity contribution is 8.33. The van der Waals surface area contributed by atoms with Crippen LogP contribution in [0.5, 0.6) is 0 Å². The van der Waals surface area contributed by atoms with Gasteiger partial charge in [0.25, 0.3) is 0 Å². The summed E-state index contributed by atoms with van der Waals surface area (Å²) in [5.41, 5.74) is 0. The van der Waals surface area contributed by atoms with Gasteiger partial charge < -0.3 is 0 Å². The van der Waals surface area contributed by atoms with E-state index in [4.69, 9.17) is 0 Å². The van der Waals surface area contributed by atoms with Gasteiger partial charge in [0, 0.05) is 0 Å². The van der Waals surface area contributed by atoms with Gasteiger partial charge in [-0.3, -0.25) is 4.84 Å². The molecule has 2 rings (SSSR count). The first-order valence-electron chi connectivity index (χ1n) is 3.55. The fraction of sp³-hybridized carbons (Fsp3) is 0. The van der Waals surface area contributed by atoms with Gasteiger partial charge in [-0.1, -0.05) is 47.0 Å². The number of hydrogen-bond donors (Lipinski definition) is 1. The molecular formula is C7H6NO2S4+. The topological polar surface area (TPSA) is 53.9 Å². The fourth-order valence-electron chi connectivity index (χ4n) is 0.809. The molecule has 0 saturated carbocycles. The van der Waals surface area contributed by atoms with Gasteiger partial charge in [-0.05, 0) is 16.2 Å². The number of hydrogen-bond acceptors (Lipinski definition) is 6. The van der Waals surface area contributed by atoms with Crippen LogP contribution in [0.2, 0.25) is 0 Å². The van der Waals surface area contributed by atoms with Gasteiger partial charge >= 0.3 is 5.97 Å². The number of carbonyl (C=O) groups is 1. The zero-order valence-corrected chi connectivity index (χ0v) is 10.2. The third-order valence-corrected chi connectivity index (χ3v) is 6.38. The molecule has 74 valence electrons. The smallest absolute Gasteiger partial charge is 0.276 e. The van der Waals surface area contributed by atoms with Gasteiger partial charge in [-0.2, -0.15) is 5.90 Å². The molecule has 0 radical (unpaired) electrons. The first-order valence-corrected chi connectivity index (χ1v) is 7.00. The predicted molar refractivity (Wildman–Crippen MR) is 63.6 cm³/mol. The van der Waals surface area contributed by atoms with Crippen molar-refractivity contribution < 1.29 is 15.5 Å². The lowest BCUT2D eigenvalue weighted by molar-refractivity contribution is -0.655. The van der Waals surface area contributed by atoms with Crippen LogP contribution in [-0.4, -0.2) is 5.97 Å². The molecule has 2 aliphatic heterocycles. The molecule has 0 unspecified atom stereocenters. The molecule has 0 saturated heterocycles. The van der Waals surface area contributed by atoms with Crippen molar-refractivity contribution in [2.24, 2.45) is 0 Å². The molecule has 3 N–H and O–H groups in total. The first-order chi connectivity index (χ1) is 6.81. The second kappa shape index (κ2) is 4.71. The zero-order chi connectivity index (χ0) is 9.97. The van der Waals surface area contributed by atoms with Crippen LogP contribution in [0.15, 0.2) is 29.6 Å². The van der Waals surface area contributed by atoms with E-state index in [2.05, 4.69) is 10.7 Å². The first kappa shape index (κ1) is 10.6. The second-order valence-electron chi connectivity index (χ2n) is 2.22. The molecule has 0 atom stereocenters. The van der Waals surface area contributed by atoms with Crippen molar-refractivity contribution in [3.05, 3.63) is 29.6 Å². The summed E-state index contributed by atoms with van der Waals surface area (Å²) < 4.78 is 2.37. The van der Waals surface area contributed by atoms with Gasteiger partial charge in [-0.15, -0.1) is 0 Å². The highest BCUT2D eigenvalue weighted by Crippen LogP contribution is 2.53. The molecule has 0 aromatic heterocycles. The molecular weight excluding hydrogens is 258 g/mol. The van der Waals surface area contributed by atoms with Gasteiger partial charge in [0.1, 0.15) is 4.91 Å². The molecule has 0 amide bonds. The van der Waals surface area contributed by atoms with Crippen LogP contribution in [-0.2, 0) is 9.63 Å². The van der Waals surface area contributed by atoms with Crippen molar-refractivity contribution in [3.8, 4) is 0 Å². The molecule has 14 heavy (non-hydrogen) atoms. The molecule has 7 heteroatoms. The molecule has 0 bridgehead atoms. The highest BCUT2D eigenvalue weighted by atomic mass is 32.2. The Bertz CT molecular complexity index is 351. The molecule has 3 nitrogen and oxygen atoms in total. The zero-order valence-electron chi connectivity index (χ0n) is 6.89. The van der Waals surface area contributed by atoms with E-state index >= 15 is 0 Å². The summed E-state index contributed by atoms with van der Waals surface area (Å²) in [6.45, 7) is 0. The molecule has 0 aliphatic carbocycles. The SMILES string of the molecule is [NH3+]OC(=O)C1=CSC(=C2SC=CS2)S1. The van der Waals surface area contributed by atoms with Crippen LogP contribution < -0.4 is 5.90 Å². The Morgan fingerprint density at radius 1 is 1.21 bits per heavy atom. The van der Waals surface area contributed by atoms with E-state index in [9.17, 15) is 4.79 Å². The van der Waals surface area contributed by atoms with Crippen LogP contribution in [0, 0.1) is 0 Å². The summed E-state index contributed by atoms with van der Waals surface area (Å²) in [5, 5.41) is 5.87. The van der Waals surface area contributed by atoms with Crippen molar-refractivity contribution in [1.82, 2.24) is 0 Å². The van der Waals surface area contributed by atoms with Crippen molar-refractivity contribution in [3.63, 3.8) is 0 Å². The third-order valence-electron chi connectivity index (χ3n) is 1.38. The molecule has 2 aliphatic rings. The maximum absolute atomic E-state index is 11.1. The molecule has 0 fully saturated rings. The van der Waals surface area contributed by atoms with Gasteiger partial charge in [0.15, 0.2) is 0 Å². The van der Waals surface area contributed by atoms with Gasteiger partial charge in [-0.25, -0.2) is 4.79 Å². The Kier molecular flexibility index (Phi) is 3.56. The monoisotopic (exact) mass is 264 g/mol. The summed E-state index contributed by atoms with van der Waals surface area (Å²) in [4.78, 5) is 16.1. The fourth-order valence-corrected chi connectivity index (χ4v) is 5.14. The van der Waals surface area contributed by atoms with Crippen LogP contribution >= 0.6 is 47.0 Å². The summed E-state index contributed by atoms with van der Waals surface area (Å²) in [7, 11) is 0. The van der Waals surface area contributed by atoms with Crippen LogP contribution in [0.3, 0.4) is 0 Å². The van der Waals surface area contributed by atoms with Crippen molar-refractivity contribution >= 4 is 53.0 Å². The maximum atomic E-state index is 11.1. The van der Waals surface area contributed by atoms with Crippen LogP contribution in [0.1, 0.15) is 0 Å². The standard InChI is InChI=1S/C7H6NO2S4/c8-10-5(9)4-3-13-7(14-4)6-11-1-2-12-6/h1-3H,8H3/q+1. The van der Waals surface area contributed by atoms with E-state index in [1.165, 1.54) is 16.0 Å². The minimum atomic E-state index is -0.362. The minimum Gasteiger partial charge on any atom is -0.276 e. The lowest BCUT2D eigenvalue weighted by Crippen LogP contribution is -2.51. The second-order valence-corrected chi connectivity index (χ2v) is 6.50. The van der Waals surface area contributed by atoms with Crippen LogP contribution in [0.25, 0.3) is 0 Å². The Morgan fingerprint density at radius 2 is 1.93 bits per heavy atom. The summed E-state index contributed by atoms with van der Waals surface area (Å²) in [6, 6.07) is 0. The maximum Gasteiger partial charge on any atom is 0.404 e. The van der Waals surface area contributed by atoms with E-state index in [1.54, 1.807) is 40.7 Å². The van der Waals surface area contributed by atoms with Crippen LogP contribution in [0.4, 0.5) is 0 Å². The van der Waals surface area contributed by atoms with Gasteiger partial charge in [0.05, 0.1) is 8.47 Å². The van der Waals surface area contributed by atoms with Crippen molar-refractivity contribution in [2.45, 2.75) is 0 Å². The lowest BCUT2D eigenvalue weighted by atomic mass is 10.6. The van der Waals surface area contributed by atoms with Crippen molar-refractivity contribution in [1.29, 1.82) is 0 Å². The average molecular weight is 264 g/mol.